The number of carbonyl (C=O) groups excluding carboxylic acids is 1. The molecule has 0 aromatic carbocycles. The van der Waals surface area contributed by atoms with Gasteiger partial charge in [0.25, 0.3) is 0 Å². The summed E-state index contributed by atoms with van der Waals surface area (Å²) in [7, 11) is 1.18. The van der Waals surface area contributed by atoms with Gasteiger partial charge in [0.15, 0.2) is 5.92 Å². The number of halogens is 1. The van der Waals surface area contributed by atoms with E-state index >= 15 is 0 Å². The van der Waals surface area contributed by atoms with Crippen LogP contribution in [0.25, 0.3) is 0 Å². The molecule has 15 heavy (non-hydrogen) atoms. The van der Waals surface area contributed by atoms with Crippen LogP contribution in [0.3, 0.4) is 0 Å². The Hall–Kier alpha value is -0.880. The minimum atomic E-state index is -1.16. The summed E-state index contributed by atoms with van der Waals surface area (Å²) in [6.45, 7) is 0. The third-order valence-electron chi connectivity index (χ3n) is 1.86. The lowest BCUT2D eigenvalue weighted by molar-refractivity contribution is -0.156. The summed E-state index contributed by atoms with van der Waals surface area (Å²) >= 11 is 4.69. The summed E-state index contributed by atoms with van der Waals surface area (Å²) in [6, 6.07) is 1.82. The molecule has 0 aliphatic carbocycles. The SMILES string of the molecule is COC(=O)C(Cc1sccc1Br)C(=O)O. The van der Waals surface area contributed by atoms with Gasteiger partial charge in [0.1, 0.15) is 0 Å². The molecule has 82 valence electrons. The quantitative estimate of drug-likeness (QED) is 0.680. The first-order valence-electron chi connectivity index (χ1n) is 4.08. The van der Waals surface area contributed by atoms with Crippen molar-refractivity contribution in [1.29, 1.82) is 0 Å². The van der Waals surface area contributed by atoms with Gasteiger partial charge >= 0.3 is 11.9 Å². The van der Waals surface area contributed by atoms with Gasteiger partial charge < -0.3 is 9.84 Å². The minimum absolute atomic E-state index is 0.153. The van der Waals surface area contributed by atoms with E-state index in [4.69, 9.17) is 5.11 Å². The molecular formula is C9H9BrO4S. The van der Waals surface area contributed by atoms with Crippen molar-refractivity contribution in [2.24, 2.45) is 5.92 Å². The maximum atomic E-state index is 11.2. The number of rotatable bonds is 4. The lowest BCUT2D eigenvalue weighted by atomic mass is 10.1. The predicted molar refractivity (Wildman–Crippen MR) is 58.9 cm³/mol. The second-order valence-corrected chi connectivity index (χ2v) is 4.66. The third-order valence-corrected chi connectivity index (χ3v) is 3.81. The minimum Gasteiger partial charge on any atom is -0.481 e. The molecule has 1 unspecified atom stereocenters. The lowest BCUT2D eigenvalue weighted by Gasteiger charge is -2.08. The zero-order valence-electron chi connectivity index (χ0n) is 7.90. The summed E-state index contributed by atoms with van der Waals surface area (Å²) in [5, 5.41) is 10.7. The average molecular weight is 293 g/mol. The fourth-order valence-corrected chi connectivity index (χ4v) is 2.63. The van der Waals surface area contributed by atoms with Crippen molar-refractivity contribution in [1.82, 2.24) is 0 Å². The average Bonchev–Trinajstić information content (AvgIpc) is 2.59. The molecule has 0 bridgehead atoms. The Kier molecular flexibility index (Phi) is 4.28. The molecule has 1 N–H and O–H groups in total. The molecule has 0 aliphatic heterocycles. The second-order valence-electron chi connectivity index (χ2n) is 2.81. The molecule has 1 rings (SSSR count). The summed E-state index contributed by atoms with van der Waals surface area (Å²) < 4.78 is 5.25. The Morgan fingerprint density at radius 3 is 2.73 bits per heavy atom. The number of carboxylic acids is 1. The number of carboxylic acid groups (broad SMARTS) is 1. The van der Waals surface area contributed by atoms with Gasteiger partial charge in [-0.3, -0.25) is 9.59 Å². The van der Waals surface area contributed by atoms with Crippen molar-refractivity contribution in [2.45, 2.75) is 6.42 Å². The van der Waals surface area contributed by atoms with E-state index in [1.807, 2.05) is 11.4 Å². The molecule has 1 aromatic rings. The molecule has 1 aromatic heterocycles. The Labute approximate surface area is 99.0 Å². The molecule has 0 saturated heterocycles. The molecule has 0 radical (unpaired) electrons. The first kappa shape index (κ1) is 12.2. The molecule has 1 heterocycles. The number of hydrogen-bond acceptors (Lipinski definition) is 4. The van der Waals surface area contributed by atoms with Gasteiger partial charge in [-0.25, -0.2) is 0 Å². The molecule has 0 saturated carbocycles. The summed E-state index contributed by atoms with van der Waals surface area (Å²) in [5.41, 5.74) is 0. The van der Waals surface area contributed by atoms with Crippen LogP contribution in [0.15, 0.2) is 15.9 Å². The summed E-state index contributed by atoms with van der Waals surface area (Å²) in [5.74, 6) is -3.02. The number of esters is 1. The van der Waals surface area contributed by atoms with Crippen LogP contribution in [-0.4, -0.2) is 24.2 Å². The monoisotopic (exact) mass is 292 g/mol. The van der Waals surface area contributed by atoms with Crippen molar-refractivity contribution in [2.75, 3.05) is 7.11 Å². The number of ether oxygens (including phenoxy) is 1. The normalized spacial score (nSPS) is 12.1. The molecule has 1 atom stereocenters. The van der Waals surface area contributed by atoms with Gasteiger partial charge in [0, 0.05) is 15.8 Å². The van der Waals surface area contributed by atoms with E-state index in [2.05, 4.69) is 20.7 Å². The molecule has 0 amide bonds. The van der Waals surface area contributed by atoms with E-state index in [1.54, 1.807) is 0 Å². The van der Waals surface area contributed by atoms with Gasteiger partial charge in [-0.2, -0.15) is 0 Å². The van der Waals surface area contributed by atoms with E-state index in [-0.39, 0.29) is 6.42 Å². The second kappa shape index (κ2) is 5.27. The van der Waals surface area contributed by atoms with Crippen LogP contribution < -0.4 is 0 Å². The highest BCUT2D eigenvalue weighted by atomic mass is 79.9. The number of aliphatic carboxylic acids is 1. The van der Waals surface area contributed by atoms with E-state index in [9.17, 15) is 9.59 Å². The number of thiophene rings is 1. The molecule has 0 fully saturated rings. The standard InChI is InChI=1S/C9H9BrO4S/c1-14-9(13)5(8(11)12)4-7-6(10)2-3-15-7/h2-3,5H,4H2,1H3,(H,11,12). The summed E-state index contributed by atoms with van der Waals surface area (Å²) in [4.78, 5) is 22.8. The topological polar surface area (TPSA) is 63.6 Å². The third kappa shape index (κ3) is 3.04. The Bertz CT molecular complexity index is 374. The Morgan fingerprint density at radius 1 is 1.67 bits per heavy atom. The molecular weight excluding hydrogens is 284 g/mol. The number of carbonyl (C=O) groups is 2. The highest BCUT2D eigenvalue weighted by molar-refractivity contribution is 9.10. The van der Waals surface area contributed by atoms with Crippen LogP contribution in [0, 0.1) is 5.92 Å². The molecule has 6 heteroatoms. The van der Waals surface area contributed by atoms with Crippen molar-refractivity contribution >= 4 is 39.2 Å². The first-order valence-corrected chi connectivity index (χ1v) is 5.76. The molecule has 0 aliphatic rings. The van der Waals surface area contributed by atoms with Gasteiger partial charge in [-0.15, -0.1) is 11.3 Å². The van der Waals surface area contributed by atoms with E-state index in [0.29, 0.717) is 0 Å². The molecule has 0 spiro atoms. The van der Waals surface area contributed by atoms with E-state index < -0.39 is 17.9 Å². The van der Waals surface area contributed by atoms with Crippen LogP contribution in [0.4, 0.5) is 0 Å². The smallest absolute Gasteiger partial charge is 0.320 e. The fraction of sp³-hybridized carbons (Fsp3) is 0.333. The van der Waals surface area contributed by atoms with Crippen LogP contribution >= 0.6 is 27.3 Å². The van der Waals surface area contributed by atoms with Crippen molar-refractivity contribution in [3.05, 3.63) is 20.8 Å². The van der Waals surface area contributed by atoms with Gasteiger partial charge in [0.05, 0.1) is 7.11 Å². The highest BCUT2D eigenvalue weighted by Crippen LogP contribution is 2.25. The Morgan fingerprint density at radius 2 is 2.33 bits per heavy atom. The van der Waals surface area contributed by atoms with Gasteiger partial charge in [0.2, 0.25) is 0 Å². The fourth-order valence-electron chi connectivity index (χ4n) is 1.07. The molecule has 4 nitrogen and oxygen atoms in total. The van der Waals surface area contributed by atoms with E-state index in [0.717, 1.165) is 9.35 Å². The van der Waals surface area contributed by atoms with Crippen LogP contribution in [0.5, 0.6) is 0 Å². The zero-order valence-corrected chi connectivity index (χ0v) is 10.3. The first-order chi connectivity index (χ1) is 7.06. The summed E-state index contributed by atoms with van der Waals surface area (Å²) in [6.07, 6.45) is 0.153. The maximum absolute atomic E-state index is 11.2. The predicted octanol–water partition coefficient (Wildman–Crippen LogP) is 1.93. The Balaban J connectivity index is 2.80. The van der Waals surface area contributed by atoms with Crippen LogP contribution in [0.2, 0.25) is 0 Å². The number of hydrogen-bond donors (Lipinski definition) is 1. The van der Waals surface area contributed by atoms with Crippen molar-refractivity contribution in [3.63, 3.8) is 0 Å². The van der Waals surface area contributed by atoms with Gasteiger partial charge in [-0.05, 0) is 27.4 Å². The van der Waals surface area contributed by atoms with E-state index in [1.165, 1.54) is 18.4 Å². The lowest BCUT2D eigenvalue weighted by Crippen LogP contribution is -2.26. The van der Waals surface area contributed by atoms with Crippen LogP contribution in [0.1, 0.15) is 4.88 Å². The van der Waals surface area contributed by atoms with Gasteiger partial charge in [-0.1, -0.05) is 0 Å². The zero-order chi connectivity index (χ0) is 11.4. The number of methoxy groups -OCH3 is 1. The highest BCUT2D eigenvalue weighted by Gasteiger charge is 2.28. The largest absolute Gasteiger partial charge is 0.481 e. The maximum Gasteiger partial charge on any atom is 0.320 e. The van der Waals surface area contributed by atoms with Crippen molar-refractivity contribution < 1.29 is 19.4 Å². The van der Waals surface area contributed by atoms with Crippen LogP contribution in [-0.2, 0) is 20.7 Å². The van der Waals surface area contributed by atoms with Crippen molar-refractivity contribution in [3.8, 4) is 0 Å².